The highest BCUT2D eigenvalue weighted by Crippen LogP contribution is 2.30. The SMILES string of the molecule is O=C(OCc1ccc[nH]1)N1CCc2cc(Cl)ccc21. The van der Waals surface area contributed by atoms with Crippen molar-refractivity contribution in [2.75, 3.05) is 11.4 Å². The molecule has 19 heavy (non-hydrogen) atoms. The number of rotatable bonds is 2. The van der Waals surface area contributed by atoms with Crippen LogP contribution < -0.4 is 4.90 Å². The van der Waals surface area contributed by atoms with Gasteiger partial charge in [-0.2, -0.15) is 0 Å². The monoisotopic (exact) mass is 276 g/mol. The van der Waals surface area contributed by atoms with Gasteiger partial charge in [-0.15, -0.1) is 0 Å². The first-order valence-corrected chi connectivity index (χ1v) is 6.47. The number of benzene rings is 1. The molecule has 0 bridgehead atoms. The number of aromatic amines is 1. The van der Waals surface area contributed by atoms with Crippen molar-refractivity contribution < 1.29 is 9.53 Å². The maximum Gasteiger partial charge on any atom is 0.414 e. The Kier molecular flexibility index (Phi) is 3.17. The highest BCUT2D eigenvalue weighted by atomic mass is 35.5. The van der Waals surface area contributed by atoms with Crippen molar-refractivity contribution in [3.8, 4) is 0 Å². The largest absolute Gasteiger partial charge is 0.443 e. The fourth-order valence-electron chi connectivity index (χ4n) is 2.23. The number of nitrogens with one attached hydrogen (secondary N) is 1. The van der Waals surface area contributed by atoms with Crippen LogP contribution in [0, 0.1) is 0 Å². The molecule has 1 aromatic carbocycles. The van der Waals surface area contributed by atoms with Gasteiger partial charge in [0.25, 0.3) is 0 Å². The lowest BCUT2D eigenvalue weighted by atomic mass is 10.2. The summed E-state index contributed by atoms with van der Waals surface area (Å²) in [5.41, 5.74) is 2.86. The van der Waals surface area contributed by atoms with Crippen molar-refractivity contribution in [3.05, 3.63) is 52.8 Å². The lowest BCUT2D eigenvalue weighted by molar-refractivity contribution is 0.146. The average Bonchev–Trinajstić information content (AvgIpc) is 3.04. The fraction of sp³-hybridized carbons (Fsp3) is 0.214. The number of nitrogens with zero attached hydrogens (tertiary/aromatic N) is 1. The maximum absolute atomic E-state index is 12.0. The zero-order valence-electron chi connectivity index (χ0n) is 10.2. The number of hydrogen-bond acceptors (Lipinski definition) is 2. The molecule has 0 saturated heterocycles. The van der Waals surface area contributed by atoms with Crippen LogP contribution in [0.15, 0.2) is 36.5 Å². The molecule has 1 aliphatic rings. The van der Waals surface area contributed by atoms with Crippen LogP contribution in [0.4, 0.5) is 10.5 Å². The quantitative estimate of drug-likeness (QED) is 0.914. The number of amides is 1. The van der Waals surface area contributed by atoms with Gasteiger partial charge in [-0.1, -0.05) is 11.6 Å². The third-order valence-electron chi connectivity index (χ3n) is 3.17. The molecule has 1 aliphatic heterocycles. The number of carbonyl (C=O) groups excluding carboxylic acids is 1. The van der Waals surface area contributed by atoms with Crippen LogP contribution in [0.25, 0.3) is 0 Å². The summed E-state index contributed by atoms with van der Waals surface area (Å²) in [6.07, 6.45) is 2.29. The number of H-pyrrole nitrogens is 1. The van der Waals surface area contributed by atoms with Crippen LogP contribution in [-0.2, 0) is 17.8 Å². The molecule has 5 heteroatoms. The van der Waals surface area contributed by atoms with Crippen LogP contribution in [0.1, 0.15) is 11.3 Å². The molecule has 0 radical (unpaired) electrons. The first-order valence-electron chi connectivity index (χ1n) is 6.09. The van der Waals surface area contributed by atoms with E-state index < -0.39 is 0 Å². The number of hydrogen-bond donors (Lipinski definition) is 1. The number of fused-ring (bicyclic) bond motifs is 1. The average molecular weight is 277 g/mol. The summed E-state index contributed by atoms with van der Waals surface area (Å²) in [5.74, 6) is 0. The van der Waals surface area contributed by atoms with E-state index in [1.807, 2.05) is 24.3 Å². The lowest BCUT2D eigenvalue weighted by Gasteiger charge is -2.16. The van der Waals surface area contributed by atoms with Crippen LogP contribution >= 0.6 is 11.6 Å². The summed E-state index contributed by atoms with van der Waals surface area (Å²) >= 11 is 5.94. The summed E-state index contributed by atoms with van der Waals surface area (Å²) < 4.78 is 5.28. The van der Waals surface area contributed by atoms with E-state index in [0.29, 0.717) is 11.6 Å². The minimum atomic E-state index is -0.323. The molecular weight excluding hydrogens is 264 g/mol. The van der Waals surface area contributed by atoms with Crippen LogP contribution in [0.2, 0.25) is 5.02 Å². The molecule has 98 valence electrons. The standard InChI is InChI=1S/C14H13ClN2O2/c15-11-3-4-13-10(8-11)5-7-17(13)14(18)19-9-12-2-1-6-16-12/h1-4,6,8,16H,5,7,9H2. The van der Waals surface area contributed by atoms with Gasteiger partial charge in [-0.3, -0.25) is 4.90 Å². The van der Waals surface area contributed by atoms with Crippen molar-refractivity contribution in [3.63, 3.8) is 0 Å². The van der Waals surface area contributed by atoms with Gasteiger partial charge in [-0.25, -0.2) is 4.79 Å². The molecule has 1 N–H and O–H groups in total. The molecule has 0 spiro atoms. The van der Waals surface area contributed by atoms with E-state index in [0.717, 1.165) is 23.4 Å². The molecule has 1 aromatic heterocycles. The first-order chi connectivity index (χ1) is 9.24. The summed E-state index contributed by atoms with van der Waals surface area (Å²) in [4.78, 5) is 16.7. The summed E-state index contributed by atoms with van der Waals surface area (Å²) in [6, 6.07) is 9.30. The van der Waals surface area contributed by atoms with Gasteiger partial charge in [0.1, 0.15) is 6.61 Å². The van der Waals surface area contributed by atoms with E-state index in [1.54, 1.807) is 17.2 Å². The number of halogens is 1. The van der Waals surface area contributed by atoms with E-state index in [1.165, 1.54) is 0 Å². The van der Waals surface area contributed by atoms with E-state index in [9.17, 15) is 4.79 Å². The van der Waals surface area contributed by atoms with E-state index in [-0.39, 0.29) is 12.7 Å². The van der Waals surface area contributed by atoms with Gasteiger partial charge in [-0.05, 0) is 42.3 Å². The van der Waals surface area contributed by atoms with Crippen LogP contribution in [0.5, 0.6) is 0 Å². The molecule has 0 aliphatic carbocycles. The van der Waals surface area contributed by atoms with E-state index >= 15 is 0 Å². The fourth-order valence-corrected chi connectivity index (χ4v) is 2.43. The number of aromatic nitrogens is 1. The summed E-state index contributed by atoms with van der Waals surface area (Å²) in [5, 5.41) is 0.695. The molecule has 3 rings (SSSR count). The Labute approximate surface area is 115 Å². The smallest absolute Gasteiger partial charge is 0.414 e. The van der Waals surface area contributed by atoms with Gasteiger partial charge >= 0.3 is 6.09 Å². The Hall–Kier alpha value is -1.94. The Morgan fingerprint density at radius 1 is 1.42 bits per heavy atom. The maximum atomic E-state index is 12.0. The highest BCUT2D eigenvalue weighted by Gasteiger charge is 2.25. The number of carbonyl (C=O) groups is 1. The Balaban J connectivity index is 1.69. The third-order valence-corrected chi connectivity index (χ3v) is 3.41. The van der Waals surface area contributed by atoms with Crippen LogP contribution in [0.3, 0.4) is 0 Å². The van der Waals surface area contributed by atoms with E-state index in [4.69, 9.17) is 16.3 Å². The normalized spacial score (nSPS) is 13.4. The van der Waals surface area contributed by atoms with Gasteiger partial charge in [0.15, 0.2) is 0 Å². The Morgan fingerprint density at radius 2 is 2.32 bits per heavy atom. The minimum absolute atomic E-state index is 0.255. The molecule has 4 nitrogen and oxygen atoms in total. The van der Waals surface area contributed by atoms with Gasteiger partial charge in [0.2, 0.25) is 0 Å². The van der Waals surface area contributed by atoms with Crippen molar-refractivity contribution in [1.29, 1.82) is 0 Å². The van der Waals surface area contributed by atoms with Gasteiger partial charge in [0, 0.05) is 17.8 Å². The first kappa shape index (κ1) is 12.1. The second-order valence-corrected chi connectivity index (χ2v) is 4.86. The van der Waals surface area contributed by atoms with E-state index in [2.05, 4.69) is 4.98 Å². The second kappa shape index (κ2) is 4.97. The highest BCUT2D eigenvalue weighted by molar-refractivity contribution is 6.30. The van der Waals surface area contributed by atoms with Crippen molar-refractivity contribution in [1.82, 2.24) is 4.98 Å². The van der Waals surface area contributed by atoms with Gasteiger partial charge < -0.3 is 9.72 Å². The lowest BCUT2D eigenvalue weighted by Crippen LogP contribution is -2.29. The molecule has 0 atom stereocenters. The topological polar surface area (TPSA) is 45.3 Å². The number of anilines is 1. The summed E-state index contributed by atoms with van der Waals surface area (Å²) in [7, 11) is 0. The second-order valence-electron chi connectivity index (χ2n) is 4.42. The molecule has 0 saturated carbocycles. The Morgan fingerprint density at radius 3 is 3.11 bits per heavy atom. The molecule has 1 amide bonds. The third kappa shape index (κ3) is 2.44. The molecule has 0 unspecified atom stereocenters. The van der Waals surface area contributed by atoms with Crippen molar-refractivity contribution in [2.24, 2.45) is 0 Å². The van der Waals surface area contributed by atoms with Crippen LogP contribution in [-0.4, -0.2) is 17.6 Å². The molecule has 2 aromatic rings. The summed E-state index contributed by atoms with van der Waals surface area (Å²) in [6.45, 7) is 0.893. The molecule has 0 fully saturated rings. The molecular formula is C14H13ClN2O2. The molecule has 2 heterocycles. The number of ether oxygens (including phenoxy) is 1. The Bertz CT molecular complexity index is 595. The zero-order chi connectivity index (χ0) is 13.2. The predicted molar refractivity (Wildman–Crippen MR) is 73.5 cm³/mol. The minimum Gasteiger partial charge on any atom is -0.443 e. The predicted octanol–water partition coefficient (Wildman–Crippen LogP) is 3.37. The van der Waals surface area contributed by atoms with Crippen molar-refractivity contribution in [2.45, 2.75) is 13.0 Å². The van der Waals surface area contributed by atoms with Gasteiger partial charge in [0.05, 0.1) is 11.4 Å². The zero-order valence-corrected chi connectivity index (χ0v) is 11.0. The van der Waals surface area contributed by atoms with Crippen molar-refractivity contribution >= 4 is 23.4 Å².